The van der Waals surface area contributed by atoms with Gasteiger partial charge in [0.25, 0.3) is 5.69 Å². The lowest BCUT2D eigenvalue weighted by atomic mass is 10.1. The highest BCUT2D eigenvalue weighted by atomic mass is 16.6. The third kappa shape index (κ3) is 5.99. The van der Waals surface area contributed by atoms with Gasteiger partial charge in [-0.05, 0) is 19.4 Å². The molecular weight excluding hydrogens is 302 g/mol. The van der Waals surface area contributed by atoms with Crippen LogP contribution in [0.2, 0.25) is 0 Å². The number of hydrogen-bond donors (Lipinski definition) is 3. The molecule has 0 saturated heterocycles. The maximum Gasteiger partial charge on any atom is 0.287 e. The molecule has 0 aliphatic rings. The molecule has 1 rings (SSSR count). The fourth-order valence-electron chi connectivity index (χ4n) is 1.84. The van der Waals surface area contributed by atoms with Crippen molar-refractivity contribution < 1.29 is 14.5 Å². The number of nitrogens with zero attached hydrogens (tertiary/aromatic N) is 2. The summed E-state index contributed by atoms with van der Waals surface area (Å²) in [7, 11) is 0. The summed E-state index contributed by atoms with van der Waals surface area (Å²) in [5, 5.41) is 16.1. The van der Waals surface area contributed by atoms with Gasteiger partial charge in [-0.1, -0.05) is 6.92 Å². The van der Waals surface area contributed by atoms with Crippen molar-refractivity contribution in [3.05, 3.63) is 28.4 Å². The molecule has 1 amide bonds. The van der Waals surface area contributed by atoms with E-state index >= 15 is 0 Å². The molecule has 4 N–H and O–H groups in total. The molecule has 126 valence electrons. The predicted molar refractivity (Wildman–Crippen MR) is 84.9 cm³/mol. The van der Waals surface area contributed by atoms with Gasteiger partial charge in [-0.15, -0.1) is 0 Å². The summed E-state index contributed by atoms with van der Waals surface area (Å²) in [6, 6.07) is 1.23. The number of rotatable bonds is 9. The summed E-state index contributed by atoms with van der Waals surface area (Å²) in [4.78, 5) is 37.6. The van der Waals surface area contributed by atoms with E-state index in [1.807, 2.05) is 6.92 Å². The van der Waals surface area contributed by atoms with Gasteiger partial charge in [0, 0.05) is 19.0 Å². The number of carbonyl (C=O) groups is 2. The van der Waals surface area contributed by atoms with E-state index in [0.29, 0.717) is 18.7 Å². The van der Waals surface area contributed by atoms with Crippen LogP contribution in [0.25, 0.3) is 0 Å². The lowest BCUT2D eigenvalue weighted by Gasteiger charge is -2.20. The fourth-order valence-corrected chi connectivity index (χ4v) is 1.84. The highest BCUT2D eigenvalue weighted by Crippen LogP contribution is 2.11. The van der Waals surface area contributed by atoms with Gasteiger partial charge in [0.1, 0.15) is 18.1 Å². The van der Waals surface area contributed by atoms with Gasteiger partial charge in [-0.3, -0.25) is 19.7 Å². The molecule has 0 aliphatic carbocycles. The Balaban J connectivity index is 2.70. The van der Waals surface area contributed by atoms with Crippen molar-refractivity contribution in [2.45, 2.75) is 38.8 Å². The van der Waals surface area contributed by atoms with Crippen molar-refractivity contribution in [3.63, 3.8) is 0 Å². The Morgan fingerprint density at radius 1 is 1.43 bits per heavy atom. The minimum atomic E-state index is -0.786. The van der Waals surface area contributed by atoms with Crippen LogP contribution in [0.1, 0.15) is 26.7 Å². The highest BCUT2D eigenvalue weighted by molar-refractivity contribution is 5.92. The molecule has 0 aliphatic heterocycles. The van der Waals surface area contributed by atoms with Gasteiger partial charge in [0.05, 0.1) is 11.0 Å². The van der Waals surface area contributed by atoms with E-state index in [1.165, 1.54) is 12.1 Å². The maximum atomic E-state index is 12.1. The third-order valence-electron chi connectivity index (χ3n) is 3.05. The van der Waals surface area contributed by atoms with Crippen LogP contribution in [0, 0.1) is 10.1 Å². The van der Waals surface area contributed by atoms with Crippen LogP contribution in [0.15, 0.2) is 18.3 Å². The van der Waals surface area contributed by atoms with Crippen molar-refractivity contribution in [2.75, 3.05) is 11.9 Å². The predicted octanol–water partition coefficient (Wildman–Crippen LogP) is 0.603. The Bertz CT molecular complexity index is 559. The van der Waals surface area contributed by atoms with Crippen molar-refractivity contribution in [1.29, 1.82) is 0 Å². The standard InChI is InChI=1S/C14H21N5O4/c1-3-4-13(20)18-11(14(21)9(2)15)8-17-12-6-5-10(7-16-12)19(22)23/h5-7,9,11H,3-4,8,15H2,1-2H3,(H,16,17)(H,18,20)/t9-,11?/m0/s1. The zero-order valence-electron chi connectivity index (χ0n) is 13.1. The lowest BCUT2D eigenvalue weighted by molar-refractivity contribution is -0.385. The van der Waals surface area contributed by atoms with Crippen LogP contribution in [0.4, 0.5) is 11.5 Å². The molecule has 1 aromatic rings. The lowest BCUT2D eigenvalue weighted by Crippen LogP contribution is -2.50. The third-order valence-corrected chi connectivity index (χ3v) is 3.05. The average Bonchev–Trinajstić information content (AvgIpc) is 2.51. The highest BCUT2D eigenvalue weighted by Gasteiger charge is 2.23. The van der Waals surface area contributed by atoms with Crippen LogP contribution in [0.5, 0.6) is 0 Å². The van der Waals surface area contributed by atoms with E-state index in [-0.39, 0.29) is 23.9 Å². The van der Waals surface area contributed by atoms with Crippen molar-refractivity contribution >= 4 is 23.2 Å². The number of hydrogen-bond acceptors (Lipinski definition) is 7. The molecular formula is C14H21N5O4. The van der Waals surface area contributed by atoms with Crippen molar-refractivity contribution in [3.8, 4) is 0 Å². The summed E-state index contributed by atoms with van der Waals surface area (Å²) < 4.78 is 0. The largest absolute Gasteiger partial charge is 0.368 e. The van der Waals surface area contributed by atoms with Crippen LogP contribution < -0.4 is 16.4 Å². The number of nitro groups is 1. The zero-order valence-corrected chi connectivity index (χ0v) is 13.1. The Morgan fingerprint density at radius 2 is 2.13 bits per heavy atom. The summed E-state index contributed by atoms with van der Waals surface area (Å²) in [5.74, 6) is -0.170. The van der Waals surface area contributed by atoms with Crippen molar-refractivity contribution in [1.82, 2.24) is 10.3 Å². The van der Waals surface area contributed by atoms with Gasteiger partial charge < -0.3 is 16.4 Å². The molecule has 9 nitrogen and oxygen atoms in total. The summed E-state index contributed by atoms with van der Waals surface area (Å²) in [6.07, 6.45) is 2.10. The van der Waals surface area contributed by atoms with E-state index in [4.69, 9.17) is 5.73 Å². The van der Waals surface area contributed by atoms with E-state index < -0.39 is 17.0 Å². The molecule has 0 saturated carbocycles. The van der Waals surface area contributed by atoms with Gasteiger partial charge in [0.2, 0.25) is 5.91 Å². The minimum absolute atomic E-state index is 0.0979. The molecule has 9 heteroatoms. The van der Waals surface area contributed by atoms with E-state index in [9.17, 15) is 19.7 Å². The van der Waals surface area contributed by atoms with Crippen LogP contribution in [0.3, 0.4) is 0 Å². The molecule has 1 aromatic heterocycles. The number of Topliss-reactive ketones (excluding diaryl/α,β-unsaturated/α-hetero) is 1. The molecule has 0 bridgehead atoms. The Kier molecular flexibility index (Phi) is 7.07. The first kappa shape index (κ1) is 18.5. The summed E-state index contributed by atoms with van der Waals surface area (Å²) in [5.41, 5.74) is 5.46. The summed E-state index contributed by atoms with van der Waals surface area (Å²) in [6.45, 7) is 3.51. The van der Waals surface area contributed by atoms with Crippen LogP contribution >= 0.6 is 0 Å². The van der Waals surface area contributed by atoms with Crippen LogP contribution in [-0.4, -0.2) is 40.2 Å². The van der Waals surface area contributed by atoms with E-state index in [2.05, 4.69) is 15.6 Å². The molecule has 0 radical (unpaired) electrons. The molecule has 2 atom stereocenters. The number of nitrogens with one attached hydrogen (secondary N) is 2. The number of pyridine rings is 1. The molecule has 1 unspecified atom stereocenters. The Morgan fingerprint density at radius 3 is 2.61 bits per heavy atom. The van der Waals surface area contributed by atoms with Crippen LogP contribution in [-0.2, 0) is 9.59 Å². The smallest absolute Gasteiger partial charge is 0.287 e. The number of aromatic nitrogens is 1. The second kappa shape index (κ2) is 8.79. The van der Waals surface area contributed by atoms with Gasteiger partial charge in [0.15, 0.2) is 5.78 Å². The number of nitrogens with two attached hydrogens (primary N) is 1. The molecule has 0 aromatic carbocycles. The minimum Gasteiger partial charge on any atom is -0.368 e. The number of carbonyl (C=O) groups excluding carboxylic acids is 2. The Hall–Kier alpha value is -2.55. The monoisotopic (exact) mass is 323 g/mol. The number of anilines is 1. The maximum absolute atomic E-state index is 12.1. The molecule has 0 spiro atoms. The number of amides is 1. The number of ketones is 1. The molecule has 23 heavy (non-hydrogen) atoms. The second-order valence-electron chi connectivity index (χ2n) is 5.10. The summed E-state index contributed by atoms with van der Waals surface area (Å²) >= 11 is 0. The average molecular weight is 323 g/mol. The van der Waals surface area contributed by atoms with Gasteiger partial charge >= 0.3 is 0 Å². The fraction of sp³-hybridized carbons (Fsp3) is 0.500. The zero-order chi connectivity index (χ0) is 17.4. The van der Waals surface area contributed by atoms with E-state index in [1.54, 1.807) is 6.92 Å². The van der Waals surface area contributed by atoms with Gasteiger partial charge in [-0.2, -0.15) is 0 Å². The second-order valence-corrected chi connectivity index (χ2v) is 5.10. The van der Waals surface area contributed by atoms with Crippen molar-refractivity contribution in [2.24, 2.45) is 5.73 Å². The first-order chi connectivity index (χ1) is 10.8. The topological polar surface area (TPSA) is 140 Å². The van der Waals surface area contributed by atoms with Gasteiger partial charge in [-0.25, -0.2) is 4.98 Å². The SMILES string of the molecule is CCCC(=O)NC(CNc1ccc([N+](=O)[O-])cn1)C(=O)[C@H](C)N. The molecule has 0 fully saturated rings. The van der Waals surface area contributed by atoms with E-state index in [0.717, 1.165) is 6.20 Å². The molecule has 1 heterocycles. The normalized spacial score (nSPS) is 13.0. The Labute approximate surface area is 133 Å². The quantitative estimate of drug-likeness (QED) is 0.446. The first-order valence-corrected chi connectivity index (χ1v) is 7.28. The first-order valence-electron chi connectivity index (χ1n) is 7.28.